The van der Waals surface area contributed by atoms with E-state index in [1.165, 1.54) is 10.5 Å². The van der Waals surface area contributed by atoms with E-state index in [1.807, 2.05) is 42.5 Å². The van der Waals surface area contributed by atoms with E-state index < -0.39 is 0 Å². The molecule has 0 saturated heterocycles. The Labute approximate surface area is 177 Å². The lowest BCUT2D eigenvalue weighted by atomic mass is 9.93. The summed E-state index contributed by atoms with van der Waals surface area (Å²) in [5.41, 5.74) is 6.59. The van der Waals surface area contributed by atoms with Gasteiger partial charge in [-0.05, 0) is 43.8 Å². The average molecular weight is 402 g/mol. The van der Waals surface area contributed by atoms with Crippen LogP contribution in [0.25, 0.3) is 10.8 Å². The van der Waals surface area contributed by atoms with Crippen LogP contribution in [0.1, 0.15) is 40.5 Å². The summed E-state index contributed by atoms with van der Waals surface area (Å²) in [6.07, 6.45) is 7.77. The molecular formula is C25H27N3O2. The summed E-state index contributed by atoms with van der Waals surface area (Å²) in [6.45, 7) is 5.01. The van der Waals surface area contributed by atoms with E-state index in [2.05, 4.69) is 36.0 Å². The van der Waals surface area contributed by atoms with Gasteiger partial charge in [-0.15, -0.1) is 5.73 Å². The molecule has 1 N–H and O–H groups in total. The van der Waals surface area contributed by atoms with Crippen LogP contribution in [-0.2, 0) is 0 Å². The number of rotatable bonds is 9. The third kappa shape index (κ3) is 3.82. The smallest absolute Gasteiger partial charge is 0.261 e. The molecule has 1 heterocycles. The SMILES string of the molecule is CCCCN1C(=O)c2cccc3c(NCCN(C)CC4=C=CC=C4)ccc(c23)C1=O. The molecule has 0 bridgehead atoms. The van der Waals surface area contributed by atoms with Crippen molar-refractivity contribution < 1.29 is 9.59 Å². The third-order valence-electron chi connectivity index (χ3n) is 5.64. The van der Waals surface area contributed by atoms with Gasteiger partial charge in [0.1, 0.15) is 0 Å². The van der Waals surface area contributed by atoms with Crippen LogP contribution in [0.2, 0.25) is 0 Å². The Morgan fingerprint density at radius 2 is 1.90 bits per heavy atom. The molecule has 4 rings (SSSR count). The third-order valence-corrected chi connectivity index (χ3v) is 5.64. The van der Waals surface area contributed by atoms with Gasteiger partial charge in [0, 0.05) is 59.3 Å². The fraction of sp³-hybridized carbons (Fsp3) is 0.320. The monoisotopic (exact) mass is 401 g/mol. The van der Waals surface area contributed by atoms with Crippen LogP contribution < -0.4 is 5.32 Å². The number of anilines is 1. The zero-order chi connectivity index (χ0) is 21.1. The number of benzene rings is 2. The Bertz CT molecular complexity index is 1070. The summed E-state index contributed by atoms with van der Waals surface area (Å²) in [5, 5.41) is 5.18. The Morgan fingerprint density at radius 3 is 2.63 bits per heavy atom. The summed E-state index contributed by atoms with van der Waals surface area (Å²) in [5.74, 6) is -0.372. The van der Waals surface area contributed by atoms with Crippen LogP contribution in [0.5, 0.6) is 0 Å². The molecule has 0 radical (unpaired) electrons. The van der Waals surface area contributed by atoms with Crippen molar-refractivity contribution in [2.45, 2.75) is 19.8 Å². The minimum atomic E-state index is -0.186. The molecule has 2 aromatic carbocycles. The Balaban J connectivity index is 1.53. The molecule has 5 heteroatoms. The summed E-state index contributed by atoms with van der Waals surface area (Å²) in [7, 11) is 2.09. The second kappa shape index (κ2) is 8.70. The van der Waals surface area contributed by atoms with Crippen molar-refractivity contribution in [3.8, 4) is 0 Å². The molecule has 0 aromatic heterocycles. The number of hydrogen-bond acceptors (Lipinski definition) is 4. The first-order valence-corrected chi connectivity index (χ1v) is 10.6. The second-order valence-corrected chi connectivity index (χ2v) is 7.86. The second-order valence-electron chi connectivity index (χ2n) is 7.86. The van der Waals surface area contributed by atoms with Crippen molar-refractivity contribution in [2.24, 2.45) is 0 Å². The Morgan fingerprint density at radius 1 is 1.10 bits per heavy atom. The molecular weight excluding hydrogens is 374 g/mol. The van der Waals surface area contributed by atoms with Crippen molar-refractivity contribution in [3.63, 3.8) is 0 Å². The van der Waals surface area contributed by atoms with Gasteiger partial charge in [-0.1, -0.05) is 31.6 Å². The highest BCUT2D eigenvalue weighted by molar-refractivity contribution is 6.26. The van der Waals surface area contributed by atoms with Gasteiger partial charge in [0.25, 0.3) is 11.8 Å². The summed E-state index contributed by atoms with van der Waals surface area (Å²) in [4.78, 5) is 29.6. The lowest BCUT2D eigenvalue weighted by Gasteiger charge is -2.28. The molecule has 0 unspecified atom stereocenters. The van der Waals surface area contributed by atoms with Crippen LogP contribution in [0.15, 0.2) is 59.9 Å². The number of allylic oxidation sites excluding steroid dienone is 1. The zero-order valence-corrected chi connectivity index (χ0v) is 17.6. The number of carbonyl (C=O) groups excluding carboxylic acids is 2. The summed E-state index contributed by atoms with van der Waals surface area (Å²) < 4.78 is 0. The van der Waals surface area contributed by atoms with Crippen molar-refractivity contribution in [3.05, 3.63) is 71.0 Å². The molecule has 30 heavy (non-hydrogen) atoms. The first-order chi connectivity index (χ1) is 14.6. The van der Waals surface area contributed by atoms with Crippen molar-refractivity contribution in [2.75, 3.05) is 38.5 Å². The van der Waals surface area contributed by atoms with Crippen molar-refractivity contribution in [1.82, 2.24) is 9.80 Å². The molecule has 154 valence electrons. The number of nitrogens with one attached hydrogen (secondary N) is 1. The van der Waals surface area contributed by atoms with Crippen LogP contribution in [0.3, 0.4) is 0 Å². The van der Waals surface area contributed by atoms with E-state index in [9.17, 15) is 9.59 Å². The van der Waals surface area contributed by atoms with Crippen LogP contribution in [0, 0.1) is 0 Å². The lowest BCUT2D eigenvalue weighted by molar-refractivity contribution is 0.0608. The minimum Gasteiger partial charge on any atom is -0.383 e. The van der Waals surface area contributed by atoms with Crippen molar-refractivity contribution in [1.29, 1.82) is 0 Å². The lowest BCUT2D eigenvalue weighted by Crippen LogP contribution is -2.40. The van der Waals surface area contributed by atoms with Crippen molar-refractivity contribution >= 4 is 28.3 Å². The molecule has 2 amide bonds. The molecule has 0 saturated carbocycles. The first-order valence-electron chi connectivity index (χ1n) is 10.6. The van der Waals surface area contributed by atoms with Gasteiger partial charge in [0.2, 0.25) is 0 Å². The molecule has 0 fully saturated rings. The predicted molar refractivity (Wildman–Crippen MR) is 121 cm³/mol. The highest BCUT2D eigenvalue weighted by Gasteiger charge is 2.32. The quantitative estimate of drug-likeness (QED) is 0.505. The topological polar surface area (TPSA) is 52.7 Å². The van der Waals surface area contributed by atoms with E-state index in [0.717, 1.165) is 48.9 Å². The van der Waals surface area contributed by atoms with E-state index >= 15 is 0 Å². The first kappa shape index (κ1) is 20.1. The van der Waals surface area contributed by atoms with Gasteiger partial charge < -0.3 is 5.32 Å². The maximum Gasteiger partial charge on any atom is 0.261 e. The van der Waals surface area contributed by atoms with Crippen LogP contribution in [-0.4, -0.2) is 54.8 Å². The Kier molecular flexibility index (Phi) is 5.84. The minimum absolute atomic E-state index is 0.186. The van der Waals surface area contributed by atoms with Gasteiger partial charge in [-0.25, -0.2) is 0 Å². The van der Waals surface area contributed by atoms with E-state index in [4.69, 9.17) is 0 Å². The number of unbranched alkanes of at least 4 members (excludes halogenated alkanes) is 1. The standard InChI is InChI=1S/C25H27N3O2/c1-3-4-15-28-24(29)20-11-7-10-19-22(13-12-21(23(19)20)25(28)30)26-14-16-27(2)17-18-8-5-6-9-18/h5-8,10-13,26H,3-4,14-17H2,1-2H3. The molecule has 1 aliphatic heterocycles. The largest absolute Gasteiger partial charge is 0.383 e. The molecule has 2 aromatic rings. The number of imide groups is 1. The summed E-state index contributed by atoms with van der Waals surface area (Å²) >= 11 is 0. The number of amides is 2. The highest BCUT2D eigenvalue weighted by Crippen LogP contribution is 2.34. The normalized spacial score (nSPS) is 14.9. The molecule has 5 nitrogen and oxygen atoms in total. The van der Waals surface area contributed by atoms with Gasteiger partial charge in [0.05, 0.1) is 0 Å². The van der Waals surface area contributed by atoms with Gasteiger partial charge in [-0.3, -0.25) is 19.4 Å². The fourth-order valence-electron chi connectivity index (χ4n) is 4.04. The molecule has 1 aliphatic carbocycles. The van der Waals surface area contributed by atoms with Gasteiger partial charge in [-0.2, -0.15) is 0 Å². The Hall–Kier alpha value is -3.14. The van der Waals surface area contributed by atoms with E-state index in [-0.39, 0.29) is 11.8 Å². The van der Waals surface area contributed by atoms with Gasteiger partial charge >= 0.3 is 0 Å². The highest BCUT2D eigenvalue weighted by atomic mass is 16.2. The molecule has 0 atom stereocenters. The number of likely N-dealkylation sites (N-methyl/N-ethyl adjacent to an activating group) is 1. The average Bonchev–Trinajstić information content (AvgIpc) is 3.25. The fourth-order valence-corrected chi connectivity index (χ4v) is 4.04. The van der Waals surface area contributed by atoms with Crippen LogP contribution in [0.4, 0.5) is 5.69 Å². The summed E-state index contributed by atoms with van der Waals surface area (Å²) in [6, 6.07) is 9.52. The van der Waals surface area contributed by atoms with E-state index in [0.29, 0.717) is 17.7 Å². The maximum atomic E-state index is 13.0. The molecule has 0 spiro atoms. The maximum absolute atomic E-state index is 13.0. The zero-order valence-electron chi connectivity index (χ0n) is 17.6. The van der Waals surface area contributed by atoms with Gasteiger partial charge in [0.15, 0.2) is 0 Å². The van der Waals surface area contributed by atoms with E-state index in [1.54, 1.807) is 0 Å². The predicted octanol–water partition coefficient (Wildman–Crippen LogP) is 4.23. The number of nitrogens with zero attached hydrogens (tertiary/aromatic N) is 2. The van der Waals surface area contributed by atoms with Crippen LogP contribution >= 0.6 is 0 Å². The molecule has 2 aliphatic rings. The number of hydrogen-bond donors (Lipinski definition) is 1. The number of carbonyl (C=O) groups is 2.